The average Bonchev–Trinajstić information content (AvgIpc) is 2.40. The number of nitrogens with one attached hydrogen (secondary N) is 2. The van der Waals surface area contributed by atoms with Gasteiger partial charge in [0.2, 0.25) is 0 Å². The summed E-state index contributed by atoms with van der Waals surface area (Å²) in [5.41, 5.74) is 1.07. The zero-order chi connectivity index (χ0) is 13.7. The van der Waals surface area contributed by atoms with Crippen molar-refractivity contribution in [3.05, 3.63) is 34.9 Å². The molecule has 1 fully saturated rings. The Labute approximate surface area is 125 Å². The van der Waals surface area contributed by atoms with Gasteiger partial charge in [0.1, 0.15) is 0 Å². The van der Waals surface area contributed by atoms with Gasteiger partial charge in [-0.15, -0.1) is 0 Å². The summed E-state index contributed by atoms with van der Waals surface area (Å²) < 4.78 is 0. The highest BCUT2D eigenvalue weighted by Crippen LogP contribution is 2.23. The van der Waals surface area contributed by atoms with Crippen molar-refractivity contribution in [3.63, 3.8) is 0 Å². The molecule has 4 heteroatoms. The predicted molar refractivity (Wildman–Crippen MR) is 85.4 cm³/mol. The van der Waals surface area contributed by atoms with Gasteiger partial charge in [0.25, 0.3) is 0 Å². The third-order valence-corrected chi connectivity index (χ3v) is 4.46. The van der Waals surface area contributed by atoms with Crippen LogP contribution in [0.1, 0.15) is 38.2 Å². The normalized spacial score (nSPS) is 22.8. The van der Waals surface area contributed by atoms with E-state index in [9.17, 15) is 0 Å². The van der Waals surface area contributed by atoms with Crippen LogP contribution in [-0.2, 0) is 6.54 Å². The van der Waals surface area contributed by atoms with Crippen LogP contribution in [0.15, 0.2) is 24.3 Å². The fourth-order valence-electron chi connectivity index (χ4n) is 2.57. The van der Waals surface area contributed by atoms with Crippen molar-refractivity contribution in [2.75, 3.05) is 0 Å². The van der Waals surface area contributed by atoms with Gasteiger partial charge in [-0.25, -0.2) is 0 Å². The minimum Gasteiger partial charge on any atom is -0.360 e. The molecule has 1 aliphatic carbocycles. The van der Waals surface area contributed by atoms with Crippen LogP contribution in [0.2, 0.25) is 5.02 Å². The van der Waals surface area contributed by atoms with Crippen LogP contribution < -0.4 is 10.6 Å². The molecular formula is C15H21ClN2S. The third-order valence-electron chi connectivity index (χ3n) is 3.83. The first-order chi connectivity index (χ1) is 9.16. The van der Waals surface area contributed by atoms with Gasteiger partial charge in [-0.1, -0.05) is 49.6 Å². The smallest absolute Gasteiger partial charge is 0.166 e. The molecule has 0 saturated heterocycles. The van der Waals surface area contributed by atoms with Crippen molar-refractivity contribution >= 4 is 28.9 Å². The molecule has 0 aromatic heterocycles. The summed E-state index contributed by atoms with van der Waals surface area (Å²) in [5, 5.41) is 8.20. The predicted octanol–water partition coefficient (Wildman–Crippen LogP) is 3.88. The van der Waals surface area contributed by atoms with Gasteiger partial charge in [-0.2, -0.15) is 0 Å². The van der Waals surface area contributed by atoms with E-state index >= 15 is 0 Å². The monoisotopic (exact) mass is 296 g/mol. The van der Waals surface area contributed by atoms with Crippen molar-refractivity contribution in [1.82, 2.24) is 10.6 Å². The molecule has 0 unspecified atom stereocenters. The molecule has 2 nitrogen and oxygen atoms in total. The first-order valence-corrected chi connectivity index (χ1v) is 7.73. The highest BCUT2D eigenvalue weighted by Gasteiger charge is 2.21. The lowest BCUT2D eigenvalue weighted by molar-refractivity contribution is 0.308. The summed E-state index contributed by atoms with van der Waals surface area (Å²) in [4.78, 5) is 0. The van der Waals surface area contributed by atoms with Crippen LogP contribution in [-0.4, -0.2) is 11.2 Å². The van der Waals surface area contributed by atoms with E-state index in [1.807, 2.05) is 24.3 Å². The number of halogens is 1. The van der Waals surface area contributed by atoms with Gasteiger partial charge in [0.05, 0.1) is 0 Å². The largest absolute Gasteiger partial charge is 0.360 e. The second kappa shape index (κ2) is 7.11. The SMILES string of the molecule is C[C@@H]1CCCC[C@H]1NC(=S)NCc1ccccc1Cl. The zero-order valence-electron chi connectivity index (χ0n) is 11.3. The summed E-state index contributed by atoms with van der Waals surface area (Å²) >= 11 is 11.5. The van der Waals surface area contributed by atoms with E-state index < -0.39 is 0 Å². The van der Waals surface area contributed by atoms with E-state index in [1.165, 1.54) is 25.7 Å². The lowest BCUT2D eigenvalue weighted by Crippen LogP contribution is -2.45. The van der Waals surface area contributed by atoms with E-state index in [2.05, 4.69) is 17.6 Å². The van der Waals surface area contributed by atoms with Gasteiger partial charge in [-0.05, 0) is 42.6 Å². The van der Waals surface area contributed by atoms with Gasteiger partial charge >= 0.3 is 0 Å². The Morgan fingerprint density at radius 3 is 2.79 bits per heavy atom. The standard InChI is InChI=1S/C15H21ClN2S/c1-11-6-2-5-9-14(11)18-15(19)17-10-12-7-3-4-8-13(12)16/h3-4,7-8,11,14H,2,5-6,9-10H2,1H3,(H2,17,18,19)/t11-,14-/m1/s1. The second-order valence-electron chi connectivity index (χ2n) is 5.29. The number of thiocarbonyl (C=S) groups is 1. The molecule has 1 aliphatic rings. The van der Waals surface area contributed by atoms with E-state index in [-0.39, 0.29) is 0 Å². The molecule has 19 heavy (non-hydrogen) atoms. The number of hydrogen-bond acceptors (Lipinski definition) is 1. The Morgan fingerprint density at radius 1 is 1.32 bits per heavy atom. The molecule has 2 rings (SSSR count). The number of rotatable bonds is 3. The first-order valence-electron chi connectivity index (χ1n) is 6.94. The Kier molecular flexibility index (Phi) is 5.46. The van der Waals surface area contributed by atoms with E-state index in [4.69, 9.17) is 23.8 Å². The maximum Gasteiger partial charge on any atom is 0.166 e. The Bertz CT molecular complexity index is 436. The van der Waals surface area contributed by atoms with Gasteiger partial charge in [-0.3, -0.25) is 0 Å². The van der Waals surface area contributed by atoms with Crippen LogP contribution in [0.25, 0.3) is 0 Å². The number of hydrogen-bond donors (Lipinski definition) is 2. The fourth-order valence-corrected chi connectivity index (χ4v) is 2.99. The molecule has 0 spiro atoms. The van der Waals surface area contributed by atoms with Crippen LogP contribution in [0.5, 0.6) is 0 Å². The molecule has 2 atom stereocenters. The Hall–Kier alpha value is -0.800. The zero-order valence-corrected chi connectivity index (χ0v) is 12.9. The van der Waals surface area contributed by atoms with Crippen molar-refractivity contribution in [3.8, 4) is 0 Å². The van der Waals surface area contributed by atoms with Crippen LogP contribution in [0.3, 0.4) is 0 Å². The molecule has 0 heterocycles. The molecule has 104 valence electrons. The van der Waals surface area contributed by atoms with Crippen LogP contribution >= 0.6 is 23.8 Å². The van der Waals surface area contributed by atoms with Gasteiger partial charge in [0, 0.05) is 17.6 Å². The average molecular weight is 297 g/mol. The second-order valence-corrected chi connectivity index (χ2v) is 6.10. The number of benzene rings is 1. The molecule has 0 aliphatic heterocycles. The van der Waals surface area contributed by atoms with Crippen molar-refractivity contribution in [2.24, 2.45) is 5.92 Å². The highest BCUT2D eigenvalue weighted by molar-refractivity contribution is 7.80. The molecule has 0 radical (unpaired) electrons. The summed E-state index contributed by atoms with van der Waals surface area (Å²) in [6.07, 6.45) is 5.16. The van der Waals surface area contributed by atoms with Crippen molar-refractivity contribution in [2.45, 2.75) is 45.2 Å². The third kappa shape index (κ3) is 4.36. The van der Waals surface area contributed by atoms with Gasteiger partial charge < -0.3 is 10.6 Å². The van der Waals surface area contributed by atoms with Crippen molar-refractivity contribution < 1.29 is 0 Å². The Morgan fingerprint density at radius 2 is 2.05 bits per heavy atom. The summed E-state index contributed by atoms with van der Waals surface area (Å²) in [6.45, 7) is 2.97. The van der Waals surface area contributed by atoms with Crippen LogP contribution in [0, 0.1) is 5.92 Å². The van der Waals surface area contributed by atoms with E-state index in [0.29, 0.717) is 18.5 Å². The molecule has 2 N–H and O–H groups in total. The summed E-state index contributed by atoms with van der Waals surface area (Å²) in [7, 11) is 0. The van der Waals surface area contributed by atoms with Gasteiger partial charge in [0.15, 0.2) is 5.11 Å². The topological polar surface area (TPSA) is 24.1 Å². The maximum atomic E-state index is 6.12. The lowest BCUT2D eigenvalue weighted by atomic mass is 9.86. The Balaban J connectivity index is 1.80. The molecule has 1 saturated carbocycles. The summed E-state index contributed by atoms with van der Waals surface area (Å²) in [6, 6.07) is 8.36. The highest BCUT2D eigenvalue weighted by atomic mass is 35.5. The van der Waals surface area contributed by atoms with E-state index in [0.717, 1.165) is 15.7 Å². The molecule has 0 bridgehead atoms. The maximum absolute atomic E-state index is 6.12. The summed E-state index contributed by atoms with van der Waals surface area (Å²) in [5.74, 6) is 0.703. The fraction of sp³-hybridized carbons (Fsp3) is 0.533. The molecule has 1 aromatic rings. The lowest BCUT2D eigenvalue weighted by Gasteiger charge is -2.30. The molecule has 0 amide bonds. The minimum atomic E-state index is 0.514. The molecule has 1 aromatic carbocycles. The van der Waals surface area contributed by atoms with Crippen molar-refractivity contribution in [1.29, 1.82) is 0 Å². The quantitative estimate of drug-likeness (QED) is 0.828. The van der Waals surface area contributed by atoms with E-state index in [1.54, 1.807) is 0 Å². The molecular weight excluding hydrogens is 276 g/mol. The van der Waals surface area contributed by atoms with Crippen LogP contribution in [0.4, 0.5) is 0 Å². The minimum absolute atomic E-state index is 0.514. The first kappa shape index (κ1) is 14.6.